The van der Waals surface area contributed by atoms with Crippen LogP contribution in [0.3, 0.4) is 0 Å². The summed E-state index contributed by atoms with van der Waals surface area (Å²) in [4.78, 5) is -0.157. The lowest BCUT2D eigenvalue weighted by molar-refractivity contribution is 0.592. The largest absolute Gasteiger partial charge is 0.269 e. The minimum Gasteiger partial charge on any atom is -0.269 e. The van der Waals surface area contributed by atoms with Crippen molar-refractivity contribution in [2.75, 3.05) is 11.4 Å². The number of anilines is 1. The SMILES string of the molecule is CN(c1ccc2ccccc2c1)S(=O)(=O)c1ccc(S(N)(=O)=O)cc1. The second-order valence-corrected chi connectivity index (χ2v) is 9.05. The molecule has 130 valence electrons. The first-order valence-corrected chi connectivity index (χ1v) is 10.3. The molecule has 3 aromatic rings. The lowest BCUT2D eigenvalue weighted by Crippen LogP contribution is -2.26. The van der Waals surface area contributed by atoms with Crippen molar-refractivity contribution in [3.63, 3.8) is 0 Å². The van der Waals surface area contributed by atoms with Crippen molar-refractivity contribution < 1.29 is 16.8 Å². The number of hydrogen-bond acceptors (Lipinski definition) is 4. The van der Waals surface area contributed by atoms with E-state index in [1.807, 2.05) is 30.3 Å². The second kappa shape index (κ2) is 6.14. The van der Waals surface area contributed by atoms with Gasteiger partial charge in [-0.25, -0.2) is 22.0 Å². The zero-order valence-corrected chi connectivity index (χ0v) is 15.0. The van der Waals surface area contributed by atoms with Gasteiger partial charge >= 0.3 is 0 Å². The topological polar surface area (TPSA) is 97.5 Å². The molecule has 0 amide bonds. The molecule has 0 aromatic heterocycles. The van der Waals surface area contributed by atoms with Crippen molar-refractivity contribution in [1.82, 2.24) is 0 Å². The van der Waals surface area contributed by atoms with E-state index in [4.69, 9.17) is 5.14 Å². The summed E-state index contributed by atoms with van der Waals surface area (Å²) in [7, 11) is -6.24. The molecule has 0 atom stereocenters. The first-order chi connectivity index (χ1) is 11.7. The van der Waals surface area contributed by atoms with E-state index in [2.05, 4.69) is 0 Å². The number of sulfonamides is 2. The fourth-order valence-electron chi connectivity index (χ4n) is 2.47. The van der Waals surface area contributed by atoms with E-state index in [0.717, 1.165) is 15.1 Å². The molecule has 0 aliphatic rings. The van der Waals surface area contributed by atoms with Crippen molar-refractivity contribution in [1.29, 1.82) is 0 Å². The molecule has 3 aromatic carbocycles. The molecule has 25 heavy (non-hydrogen) atoms. The van der Waals surface area contributed by atoms with Crippen LogP contribution >= 0.6 is 0 Å². The molecule has 8 heteroatoms. The van der Waals surface area contributed by atoms with Crippen LogP contribution < -0.4 is 9.44 Å². The third-order valence-electron chi connectivity index (χ3n) is 3.91. The third kappa shape index (κ3) is 3.37. The van der Waals surface area contributed by atoms with Crippen LogP contribution in [0.25, 0.3) is 10.8 Å². The summed E-state index contributed by atoms with van der Waals surface area (Å²) in [5, 5.41) is 6.96. The molecule has 0 unspecified atom stereocenters. The summed E-state index contributed by atoms with van der Waals surface area (Å²) >= 11 is 0. The zero-order chi connectivity index (χ0) is 18.2. The molecule has 0 radical (unpaired) electrons. The highest BCUT2D eigenvalue weighted by molar-refractivity contribution is 7.92. The quantitative estimate of drug-likeness (QED) is 0.755. The van der Waals surface area contributed by atoms with Gasteiger partial charge in [0.05, 0.1) is 15.5 Å². The van der Waals surface area contributed by atoms with Gasteiger partial charge in [-0.2, -0.15) is 0 Å². The van der Waals surface area contributed by atoms with Crippen LogP contribution in [0.2, 0.25) is 0 Å². The van der Waals surface area contributed by atoms with Crippen molar-refractivity contribution in [3.05, 3.63) is 66.7 Å². The highest BCUT2D eigenvalue weighted by atomic mass is 32.2. The minimum absolute atomic E-state index is 0.0180. The molecule has 0 heterocycles. The van der Waals surface area contributed by atoms with Crippen molar-refractivity contribution >= 4 is 36.5 Å². The zero-order valence-electron chi connectivity index (χ0n) is 13.3. The molecular weight excluding hydrogens is 360 g/mol. The molecular formula is C17H16N2O4S2. The summed E-state index contributed by atoms with van der Waals surface area (Å²) in [6.45, 7) is 0. The molecule has 0 spiro atoms. The monoisotopic (exact) mass is 376 g/mol. The van der Waals surface area contributed by atoms with Crippen LogP contribution in [0.15, 0.2) is 76.5 Å². The van der Waals surface area contributed by atoms with Crippen molar-refractivity contribution in [2.45, 2.75) is 9.79 Å². The number of nitrogens with zero attached hydrogens (tertiary/aromatic N) is 1. The van der Waals surface area contributed by atoms with Gasteiger partial charge in [-0.15, -0.1) is 0 Å². The Balaban J connectivity index is 2.00. The highest BCUT2D eigenvalue weighted by Gasteiger charge is 2.22. The van der Waals surface area contributed by atoms with Gasteiger partial charge in [-0.1, -0.05) is 30.3 Å². The normalized spacial score (nSPS) is 12.2. The minimum atomic E-state index is -3.87. The average molecular weight is 376 g/mol. The van der Waals surface area contributed by atoms with Gasteiger partial charge in [0.25, 0.3) is 10.0 Å². The molecule has 6 nitrogen and oxygen atoms in total. The molecule has 0 fully saturated rings. The molecule has 3 rings (SSSR count). The lowest BCUT2D eigenvalue weighted by Gasteiger charge is -2.20. The number of hydrogen-bond donors (Lipinski definition) is 1. The second-order valence-electron chi connectivity index (χ2n) is 5.52. The third-order valence-corrected chi connectivity index (χ3v) is 6.64. The number of primary sulfonamides is 1. The standard InChI is InChI=1S/C17H16N2O4S2/c1-19(15-7-6-13-4-2-3-5-14(13)12-15)25(22,23)17-10-8-16(9-11-17)24(18,20)21/h2-12H,1H3,(H2,18,20,21). The van der Waals surface area contributed by atoms with Gasteiger partial charge in [-0.05, 0) is 47.2 Å². The van der Waals surface area contributed by atoms with Gasteiger partial charge in [0, 0.05) is 7.05 Å². The Kier molecular flexibility index (Phi) is 4.28. The number of fused-ring (bicyclic) bond motifs is 1. The summed E-state index contributed by atoms with van der Waals surface area (Å²) in [6, 6.07) is 17.8. The maximum atomic E-state index is 12.8. The summed E-state index contributed by atoms with van der Waals surface area (Å²) in [5.41, 5.74) is 0.509. The fourth-order valence-corrected chi connectivity index (χ4v) is 4.17. The molecule has 0 bridgehead atoms. The van der Waals surface area contributed by atoms with E-state index in [1.165, 1.54) is 31.3 Å². The molecule has 0 saturated heterocycles. The van der Waals surface area contributed by atoms with Crippen LogP contribution in [0, 0.1) is 0 Å². The molecule has 0 aliphatic heterocycles. The Morgan fingerprint density at radius 2 is 1.32 bits per heavy atom. The van der Waals surface area contributed by atoms with E-state index in [-0.39, 0.29) is 9.79 Å². The molecule has 0 aliphatic carbocycles. The predicted molar refractivity (Wildman–Crippen MR) is 97.4 cm³/mol. The van der Waals surface area contributed by atoms with Gasteiger partial charge in [0.2, 0.25) is 10.0 Å². The Morgan fingerprint density at radius 1 is 0.760 bits per heavy atom. The van der Waals surface area contributed by atoms with Crippen molar-refractivity contribution in [2.24, 2.45) is 5.14 Å². The van der Waals surface area contributed by atoms with Crippen molar-refractivity contribution in [3.8, 4) is 0 Å². The van der Waals surface area contributed by atoms with E-state index in [1.54, 1.807) is 12.1 Å². The van der Waals surface area contributed by atoms with Crippen LogP contribution in [-0.4, -0.2) is 23.9 Å². The van der Waals surface area contributed by atoms with Crippen LogP contribution in [0.4, 0.5) is 5.69 Å². The number of nitrogens with two attached hydrogens (primary N) is 1. The fraction of sp³-hybridized carbons (Fsp3) is 0.0588. The lowest BCUT2D eigenvalue weighted by atomic mass is 10.1. The van der Waals surface area contributed by atoms with E-state index < -0.39 is 20.0 Å². The van der Waals surface area contributed by atoms with Gasteiger partial charge < -0.3 is 0 Å². The van der Waals surface area contributed by atoms with Crippen LogP contribution in [0.5, 0.6) is 0 Å². The smallest absolute Gasteiger partial charge is 0.264 e. The maximum absolute atomic E-state index is 12.8. The van der Waals surface area contributed by atoms with Crippen LogP contribution in [-0.2, 0) is 20.0 Å². The highest BCUT2D eigenvalue weighted by Crippen LogP contribution is 2.26. The van der Waals surface area contributed by atoms with Crippen LogP contribution in [0.1, 0.15) is 0 Å². The Hall–Kier alpha value is -2.42. The Morgan fingerprint density at radius 3 is 1.92 bits per heavy atom. The summed E-state index contributed by atoms with van der Waals surface area (Å²) < 4.78 is 49.3. The predicted octanol–water partition coefficient (Wildman–Crippen LogP) is 2.31. The number of benzene rings is 3. The van der Waals surface area contributed by atoms with E-state index in [0.29, 0.717) is 5.69 Å². The summed E-state index contributed by atoms with van der Waals surface area (Å²) in [6.07, 6.45) is 0. The first kappa shape index (κ1) is 17.4. The van der Waals surface area contributed by atoms with E-state index >= 15 is 0 Å². The Labute approximate surface area is 146 Å². The van der Waals surface area contributed by atoms with Gasteiger partial charge in [0.15, 0.2) is 0 Å². The van der Waals surface area contributed by atoms with Gasteiger partial charge in [-0.3, -0.25) is 4.31 Å². The maximum Gasteiger partial charge on any atom is 0.264 e. The first-order valence-electron chi connectivity index (χ1n) is 7.30. The van der Waals surface area contributed by atoms with E-state index in [9.17, 15) is 16.8 Å². The van der Waals surface area contributed by atoms with Gasteiger partial charge in [0.1, 0.15) is 0 Å². The average Bonchev–Trinajstić information content (AvgIpc) is 2.60. The molecule has 0 saturated carbocycles. The summed E-state index contributed by atoms with van der Waals surface area (Å²) in [5.74, 6) is 0. The number of rotatable bonds is 4. The molecule has 2 N–H and O–H groups in total. The Bertz CT molecular complexity index is 1140.